The van der Waals surface area contributed by atoms with Gasteiger partial charge < -0.3 is 10.9 Å². The van der Waals surface area contributed by atoms with Gasteiger partial charge in [0.05, 0.1) is 0 Å². The summed E-state index contributed by atoms with van der Waals surface area (Å²) in [5.74, 6) is -0.0242. The Morgan fingerprint density at radius 2 is 2.35 bits per heavy atom. The van der Waals surface area contributed by atoms with Gasteiger partial charge in [0, 0.05) is 28.9 Å². The third-order valence-corrected chi connectivity index (χ3v) is 3.57. The van der Waals surface area contributed by atoms with Crippen molar-refractivity contribution in [2.75, 3.05) is 0 Å². The highest BCUT2D eigenvalue weighted by molar-refractivity contribution is 7.99. The lowest BCUT2D eigenvalue weighted by atomic mass is 10.2. The number of rotatable bonds is 4. The summed E-state index contributed by atoms with van der Waals surface area (Å²) in [5.41, 5.74) is 5.86. The number of hydrogen-bond donors (Lipinski definition) is 3. The van der Waals surface area contributed by atoms with Gasteiger partial charge in [-0.15, -0.1) is 5.10 Å². The molecule has 0 aliphatic carbocycles. The molecular weight excluding hydrogens is 280 g/mol. The van der Waals surface area contributed by atoms with E-state index in [1.165, 1.54) is 22.5 Å². The Bertz CT molecular complexity index is 690. The van der Waals surface area contributed by atoms with E-state index in [-0.39, 0.29) is 17.6 Å². The Morgan fingerprint density at radius 3 is 3.00 bits per heavy atom. The molecule has 0 aromatic carbocycles. The van der Waals surface area contributed by atoms with Crippen LogP contribution in [0.5, 0.6) is 0 Å². The lowest BCUT2D eigenvalue weighted by Crippen LogP contribution is -2.19. The topological polar surface area (TPSA) is 122 Å². The molecule has 2 rings (SSSR count). The van der Waals surface area contributed by atoms with Crippen LogP contribution in [0.3, 0.4) is 0 Å². The Balaban J connectivity index is 2.44. The van der Waals surface area contributed by atoms with Crippen molar-refractivity contribution >= 4 is 17.6 Å². The summed E-state index contributed by atoms with van der Waals surface area (Å²) >= 11 is 1.22. The fraction of sp³-hybridized carbons (Fsp3) is 0.273. The number of nitrogens with one attached hydrogen (secondary N) is 1. The molecule has 8 nitrogen and oxygen atoms in total. The van der Waals surface area contributed by atoms with E-state index in [4.69, 9.17) is 10.9 Å². The summed E-state index contributed by atoms with van der Waals surface area (Å²) < 4.78 is 1.52. The van der Waals surface area contributed by atoms with Crippen LogP contribution in [0.1, 0.15) is 25.5 Å². The second-order valence-electron chi connectivity index (χ2n) is 4.23. The highest BCUT2D eigenvalue weighted by Crippen LogP contribution is 2.28. The molecule has 0 aliphatic heterocycles. The number of aromatic amines is 1. The maximum atomic E-state index is 11.7. The summed E-state index contributed by atoms with van der Waals surface area (Å²) in [5, 5.41) is 18.6. The fourth-order valence-electron chi connectivity index (χ4n) is 1.64. The molecule has 9 heteroatoms. The summed E-state index contributed by atoms with van der Waals surface area (Å²) in [4.78, 5) is 16.3. The molecule has 0 spiro atoms. The van der Waals surface area contributed by atoms with Crippen molar-refractivity contribution in [3.8, 4) is 0 Å². The number of nitrogens with zero attached hydrogens (tertiary/aromatic N) is 4. The van der Waals surface area contributed by atoms with Gasteiger partial charge in [-0.1, -0.05) is 5.16 Å². The Morgan fingerprint density at radius 1 is 1.60 bits per heavy atom. The summed E-state index contributed by atoms with van der Waals surface area (Å²) in [7, 11) is 0. The molecule has 0 saturated carbocycles. The normalized spacial score (nSPS) is 12.1. The highest BCUT2D eigenvalue weighted by atomic mass is 32.2. The molecule has 0 bridgehead atoms. The van der Waals surface area contributed by atoms with Crippen molar-refractivity contribution in [1.82, 2.24) is 19.7 Å². The maximum Gasteiger partial charge on any atom is 0.344 e. The van der Waals surface area contributed by atoms with E-state index in [1.54, 1.807) is 12.3 Å². The van der Waals surface area contributed by atoms with E-state index in [2.05, 4.69) is 20.3 Å². The van der Waals surface area contributed by atoms with Crippen LogP contribution in [0, 0.1) is 0 Å². The van der Waals surface area contributed by atoms with E-state index in [0.29, 0.717) is 15.6 Å². The molecule has 2 heterocycles. The lowest BCUT2D eigenvalue weighted by molar-refractivity contribution is 0.318. The van der Waals surface area contributed by atoms with Crippen molar-refractivity contribution in [2.24, 2.45) is 10.9 Å². The minimum atomic E-state index is -0.281. The molecule has 2 aromatic rings. The van der Waals surface area contributed by atoms with Crippen LogP contribution in [-0.4, -0.2) is 30.8 Å². The van der Waals surface area contributed by atoms with E-state index in [9.17, 15) is 4.79 Å². The molecule has 0 fully saturated rings. The van der Waals surface area contributed by atoms with Crippen molar-refractivity contribution in [1.29, 1.82) is 0 Å². The Kier molecular flexibility index (Phi) is 4.08. The number of hydrogen-bond acceptors (Lipinski definition) is 6. The van der Waals surface area contributed by atoms with Gasteiger partial charge in [-0.05, 0) is 31.7 Å². The number of nitrogens with two attached hydrogens (primary N) is 1. The number of pyridine rings is 1. The minimum Gasteiger partial charge on any atom is -0.409 e. The largest absolute Gasteiger partial charge is 0.409 e. The van der Waals surface area contributed by atoms with Gasteiger partial charge >= 0.3 is 5.69 Å². The first-order valence-electron chi connectivity index (χ1n) is 5.81. The molecule has 2 aromatic heterocycles. The summed E-state index contributed by atoms with van der Waals surface area (Å²) in [6.07, 6.45) is 3.11. The van der Waals surface area contributed by atoms with E-state index >= 15 is 0 Å². The first kappa shape index (κ1) is 14.1. The van der Waals surface area contributed by atoms with Crippen molar-refractivity contribution in [3.05, 3.63) is 34.5 Å². The quantitative estimate of drug-likeness (QED) is 0.332. The third kappa shape index (κ3) is 2.67. The Labute approximate surface area is 118 Å². The molecule has 0 aliphatic rings. The van der Waals surface area contributed by atoms with Crippen LogP contribution in [0.25, 0.3) is 0 Å². The second kappa shape index (κ2) is 5.78. The van der Waals surface area contributed by atoms with Crippen LogP contribution in [0.15, 0.2) is 38.5 Å². The van der Waals surface area contributed by atoms with Gasteiger partial charge in [0.2, 0.25) is 0 Å². The molecular formula is C11H14N6O2S. The zero-order chi connectivity index (χ0) is 14.7. The molecule has 0 amide bonds. The molecule has 4 N–H and O–H groups in total. The number of oxime groups is 1. The average Bonchev–Trinajstić information content (AvgIpc) is 2.79. The van der Waals surface area contributed by atoms with E-state index < -0.39 is 0 Å². The molecule has 20 heavy (non-hydrogen) atoms. The zero-order valence-electron chi connectivity index (χ0n) is 10.9. The average molecular weight is 294 g/mol. The molecule has 0 atom stereocenters. The summed E-state index contributed by atoms with van der Waals surface area (Å²) in [6, 6.07) is 1.59. The van der Waals surface area contributed by atoms with Gasteiger partial charge in [-0.25, -0.2) is 9.89 Å². The molecule has 0 unspecified atom stereocenters. The third-order valence-electron chi connectivity index (χ3n) is 2.56. The standard InChI is InChI=1S/C11H14N6O2S/c1-6(2)17-10(18)14-15-11(17)20-8-5-13-4-3-7(8)9(12)16-19/h3-6,19H,1-2H3,(H2,12,16)(H,14,18). The van der Waals surface area contributed by atoms with Gasteiger partial charge in [0.25, 0.3) is 0 Å². The van der Waals surface area contributed by atoms with Crippen LogP contribution in [0.4, 0.5) is 0 Å². The van der Waals surface area contributed by atoms with E-state index in [0.717, 1.165) is 0 Å². The number of H-pyrrole nitrogens is 1. The van der Waals surface area contributed by atoms with Crippen molar-refractivity contribution in [3.63, 3.8) is 0 Å². The fourth-order valence-corrected chi connectivity index (χ4v) is 2.72. The number of aromatic nitrogens is 4. The van der Waals surface area contributed by atoms with Gasteiger partial charge in [-0.2, -0.15) is 0 Å². The highest BCUT2D eigenvalue weighted by Gasteiger charge is 2.16. The molecule has 0 saturated heterocycles. The van der Waals surface area contributed by atoms with Crippen LogP contribution in [-0.2, 0) is 0 Å². The monoisotopic (exact) mass is 294 g/mol. The van der Waals surface area contributed by atoms with Crippen LogP contribution >= 0.6 is 11.8 Å². The van der Waals surface area contributed by atoms with Crippen molar-refractivity contribution in [2.45, 2.75) is 29.9 Å². The SMILES string of the molecule is CC(C)n1c(Sc2cnccc2/C(N)=N/O)n[nH]c1=O. The minimum absolute atomic E-state index is 0.0242. The second-order valence-corrected chi connectivity index (χ2v) is 5.24. The predicted octanol–water partition coefficient (Wildman–Crippen LogP) is 0.793. The first-order chi connectivity index (χ1) is 9.54. The molecule has 106 valence electrons. The van der Waals surface area contributed by atoms with Crippen LogP contribution in [0.2, 0.25) is 0 Å². The molecule has 0 radical (unpaired) electrons. The smallest absolute Gasteiger partial charge is 0.344 e. The maximum absolute atomic E-state index is 11.7. The summed E-state index contributed by atoms with van der Waals surface area (Å²) in [6.45, 7) is 3.77. The number of amidine groups is 1. The lowest BCUT2D eigenvalue weighted by Gasteiger charge is -2.10. The van der Waals surface area contributed by atoms with Crippen LogP contribution < -0.4 is 11.4 Å². The zero-order valence-corrected chi connectivity index (χ0v) is 11.8. The van der Waals surface area contributed by atoms with E-state index in [1.807, 2.05) is 13.8 Å². The van der Waals surface area contributed by atoms with Gasteiger partial charge in [0.1, 0.15) is 0 Å². The predicted molar refractivity (Wildman–Crippen MR) is 74.1 cm³/mol. The first-order valence-corrected chi connectivity index (χ1v) is 6.63. The van der Waals surface area contributed by atoms with Gasteiger partial charge in [0.15, 0.2) is 11.0 Å². The van der Waals surface area contributed by atoms with Gasteiger partial charge in [-0.3, -0.25) is 9.55 Å². The van der Waals surface area contributed by atoms with Crippen molar-refractivity contribution < 1.29 is 5.21 Å². The Hall–Kier alpha value is -2.29.